The normalized spacial score (nSPS) is 13.4. The summed E-state index contributed by atoms with van der Waals surface area (Å²) in [6, 6.07) is 6.65. The molecule has 1 atom stereocenters. The summed E-state index contributed by atoms with van der Waals surface area (Å²) < 4.78 is 0. The fourth-order valence-corrected chi connectivity index (χ4v) is 2.29. The van der Waals surface area contributed by atoms with E-state index >= 15 is 0 Å². The van der Waals surface area contributed by atoms with Crippen LogP contribution in [0, 0.1) is 0 Å². The Morgan fingerprint density at radius 1 is 1.00 bits per heavy atom. The SMILES string of the molecule is CC(C)c1cccc(C(C)C)c1CC(N)CN. The van der Waals surface area contributed by atoms with Crippen LogP contribution in [0.4, 0.5) is 0 Å². The van der Waals surface area contributed by atoms with Crippen LogP contribution in [0.15, 0.2) is 18.2 Å². The minimum Gasteiger partial charge on any atom is -0.329 e. The quantitative estimate of drug-likeness (QED) is 0.823. The summed E-state index contributed by atoms with van der Waals surface area (Å²) >= 11 is 0. The second-order valence-corrected chi connectivity index (χ2v) is 5.42. The van der Waals surface area contributed by atoms with Crippen molar-refractivity contribution in [2.75, 3.05) is 6.54 Å². The van der Waals surface area contributed by atoms with Crippen molar-refractivity contribution < 1.29 is 0 Å². The van der Waals surface area contributed by atoms with Gasteiger partial charge in [0, 0.05) is 12.6 Å². The predicted octanol–water partition coefficient (Wildman–Crippen LogP) is 2.76. The van der Waals surface area contributed by atoms with Crippen LogP contribution in [0.2, 0.25) is 0 Å². The molecular formula is C15H26N2. The number of nitrogens with two attached hydrogens (primary N) is 2. The third kappa shape index (κ3) is 3.55. The molecule has 1 aromatic carbocycles. The van der Waals surface area contributed by atoms with E-state index in [0.29, 0.717) is 18.4 Å². The molecule has 2 heteroatoms. The molecule has 0 aromatic heterocycles. The highest BCUT2D eigenvalue weighted by molar-refractivity contribution is 5.39. The average Bonchev–Trinajstić information content (AvgIpc) is 2.28. The van der Waals surface area contributed by atoms with Gasteiger partial charge in [0.15, 0.2) is 0 Å². The van der Waals surface area contributed by atoms with Gasteiger partial charge in [0.25, 0.3) is 0 Å². The van der Waals surface area contributed by atoms with E-state index in [4.69, 9.17) is 11.5 Å². The standard InChI is InChI=1S/C15H26N2/c1-10(2)13-6-5-7-14(11(3)4)15(13)8-12(17)9-16/h5-7,10-12H,8-9,16-17H2,1-4H3. The van der Waals surface area contributed by atoms with Gasteiger partial charge in [0.05, 0.1) is 0 Å². The Morgan fingerprint density at radius 2 is 1.47 bits per heavy atom. The van der Waals surface area contributed by atoms with E-state index in [1.165, 1.54) is 16.7 Å². The minimum atomic E-state index is 0.0624. The van der Waals surface area contributed by atoms with E-state index in [9.17, 15) is 0 Å². The van der Waals surface area contributed by atoms with Gasteiger partial charge < -0.3 is 11.5 Å². The first kappa shape index (κ1) is 14.2. The van der Waals surface area contributed by atoms with E-state index in [2.05, 4.69) is 45.9 Å². The lowest BCUT2D eigenvalue weighted by Gasteiger charge is -2.21. The van der Waals surface area contributed by atoms with Crippen LogP contribution in [-0.2, 0) is 6.42 Å². The number of hydrogen-bond donors (Lipinski definition) is 2. The van der Waals surface area contributed by atoms with E-state index in [-0.39, 0.29) is 6.04 Å². The lowest BCUT2D eigenvalue weighted by atomic mass is 9.86. The molecule has 0 aliphatic carbocycles. The third-order valence-corrected chi connectivity index (χ3v) is 3.26. The number of benzene rings is 1. The van der Waals surface area contributed by atoms with Crippen LogP contribution >= 0.6 is 0 Å². The first-order valence-electron chi connectivity index (χ1n) is 6.54. The summed E-state index contributed by atoms with van der Waals surface area (Å²) in [4.78, 5) is 0. The van der Waals surface area contributed by atoms with Crippen molar-refractivity contribution in [3.05, 3.63) is 34.9 Å². The zero-order chi connectivity index (χ0) is 13.0. The van der Waals surface area contributed by atoms with Crippen LogP contribution in [0.1, 0.15) is 56.2 Å². The van der Waals surface area contributed by atoms with Crippen LogP contribution in [0.25, 0.3) is 0 Å². The van der Waals surface area contributed by atoms with Crippen molar-refractivity contribution in [3.8, 4) is 0 Å². The van der Waals surface area contributed by atoms with E-state index < -0.39 is 0 Å². The second kappa shape index (κ2) is 6.18. The van der Waals surface area contributed by atoms with Crippen LogP contribution < -0.4 is 11.5 Å². The van der Waals surface area contributed by atoms with Crippen molar-refractivity contribution in [1.82, 2.24) is 0 Å². The molecule has 0 saturated heterocycles. The summed E-state index contributed by atoms with van der Waals surface area (Å²) in [6.07, 6.45) is 0.887. The van der Waals surface area contributed by atoms with Crippen molar-refractivity contribution in [2.24, 2.45) is 11.5 Å². The van der Waals surface area contributed by atoms with Crippen molar-refractivity contribution in [2.45, 2.75) is 52.0 Å². The molecule has 96 valence electrons. The van der Waals surface area contributed by atoms with Crippen LogP contribution in [0.3, 0.4) is 0 Å². The molecule has 0 aliphatic rings. The van der Waals surface area contributed by atoms with E-state index in [1.54, 1.807) is 0 Å². The van der Waals surface area contributed by atoms with Gasteiger partial charge in [0.2, 0.25) is 0 Å². The van der Waals surface area contributed by atoms with Gasteiger partial charge >= 0.3 is 0 Å². The zero-order valence-electron chi connectivity index (χ0n) is 11.5. The van der Waals surface area contributed by atoms with Gasteiger partial charge in [0.1, 0.15) is 0 Å². The maximum absolute atomic E-state index is 6.02. The zero-order valence-corrected chi connectivity index (χ0v) is 11.5. The summed E-state index contributed by atoms with van der Waals surface area (Å²) in [5, 5.41) is 0. The Morgan fingerprint density at radius 3 is 1.82 bits per heavy atom. The highest BCUT2D eigenvalue weighted by atomic mass is 14.7. The Bertz CT molecular complexity index is 330. The smallest absolute Gasteiger partial charge is 0.0204 e. The molecule has 0 fully saturated rings. The topological polar surface area (TPSA) is 52.0 Å². The molecule has 0 saturated carbocycles. The lowest BCUT2D eigenvalue weighted by molar-refractivity contribution is 0.658. The monoisotopic (exact) mass is 234 g/mol. The molecule has 0 bridgehead atoms. The van der Waals surface area contributed by atoms with Gasteiger partial charge in [-0.25, -0.2) is 0 Å². The summed E-state index contributed by atoms with van der Waals surface area (Å²) in [7, 11) is 0. The van der Waals surface area contributed by atoms with Gasteiger partial charge in [-0.15, -0.1) is 0 Å². The van der Waals surface area contributed by atoms with Crippen molar-refractivity contribution >= 4 is 0 Å². The molecule has 0 spiro atoms. The number of hydrogen-bond acceptors (Lipinski definition) is 2. The predicted molar refractivity (Wildman–Crippen MR) is 75.4 cm³/mol. The summed E-state index contributed by atoms with van der Waals surface area (Å²) in [6.45, 7) is 9.48. The molecule has 0 aliphatic heterocycles. The molecule has 1 unspecified atom stereocenters. The Kier molecular flexibility index (Phi) is 5.16. The average molecular weight is 234 g/mol. The fourth-order valence-electron chi connectivity index (χ4n) is 2.29. The molecule has 0 heterocycles. The molecule has 4 N–H and O–H groups in total. The Balaban J connectivity index is 3.18. The Labute approximate surface area is 105 Å². The van der Waals surface area contributed by atoms with E-state index in [1.807, 2.05) is 0 Å². The van der Waals surface area contributed by atoms with Gasteiger partial charge in [-0.3, -0.25) is 0 Å². The van der Waals surface area contributed by atoms with Crippen molar-refractivity contribution in [3.63, 3.8) is 0 Å². The molecule has 0 radical (unpaired) electrons. The highest BCUT2D eigenvalue weighted by Gasteiger charge is 2.15. The first-order valence-corrected chi connectivity index (χ1v) is 6.54. The molecule has 17 heavy (non-hydrogen) atoms. The lowest BCUT2D eigenvalue weighted by Crippen LogP contribution is -2.32. The second-order valence-electron chi connectivity index (χ2n) is 5.42. The van der Waals surface area contributed by atoms with Crippen molar-refractivity contribution in [1.29, 1.82) is 0 Å². The molecule has 2 nitrogen and oxygen atoms in total. The minimum absolute atomic E-state index is 0.0624. The highest BCUT2D eigenvalue weighted by Crippen LogP contribution is 2.28. The number of rotatable bonds is 5. The molecule has 1 aromatic rings. The summed E-state index contributed by atoms with van der Waals surface area (Å²) in [5.74, 6) is 1.07. The molecular weight excluding hydrogens is 208 g/mol. The van der Waals surface area contributed by atoms with Crippen LogP contribution in [-0.4, -0.2) is 12.6 Å². The summed E-state index contributed by atoms with van der Waals surface area (Å²) in [5.41, 5.74) is 15.9. The third-order valence-electron chi connectivity index (χ3n) is 3.26. The van der Waals surface area contributed by atoms with Gasteiger partial charge in [-0.05, 0) is 34.9 Å². The first-order chi connectivity index (χ1) is 7.97. The fraction of sp³-hybridized carbons (Fsp3) is 0.600. The van der Waals surface area contributed by atoms with Gasteiger partial charge in [-0.2, -0.15) is 0 Å². The van der Waals surface area contributed by atoms with E-state index in [0.717, 1.165) is 6.42 Å². The Hall–Kier alpha value is -0.860. The maximum atomic E-state index is 6.02. The van der Waals surface area contributed by atoms with Crippen LogP contribution in [0.5, 0.6) is 0 Å². The maximum Gasteiger partial charge on any atom is 0.0204 e. The largest absolute Gasteiger partial charge is 0.329 e. The molecule has 0 amide bonds. The molecule has 1 rings (SSSR count). The van der Waals surface area contributed by atoms with Gasteiger partial charge in [-0.1, -0.05) is 45.9 Å².